The van der Waals surface area contributed by atoms with Gasteiger partial charge in [-0.1, -0.05) is 30.7 Å². The van der Waals surface area contributed by atoms with Crippen LogP contribution in [-0.2, 0) is 14.3 Å². The van der Waals surface area contributed by atoms with Crippen molar-refractivity contribution in [3.63, 3.8) is 0 Å². The highest BCUT2D eigenvalue weighted by Gasteiger charge is 2.39. The van der Waals surface area contributed by atoms with E-state index < -0.39 is 5.92 Å². The van der Waals surface area contributed by atoms with Gasteiger partial charge in [0.25, 0.3) is 0 Å². The molecule has 3 rings (SSSR count). The number of allylic oxidation sites excluding steroid dienone is 3. The average molecular weight is 360 g/mol. The molecule has 1 atom stereocenters. The third kappa shape index (κ3) is 3.36. The minimum atomic E-state index is -0.393. The maximum Gasteiger partial charge on any atom is 0.336 e. The summed E-state index contributed by atoms with van der Waals surface area (Å²) in [6, 6.07) is 7.36. The summed E-state index contributed by atoms with van der Waals surface area (Å²) in [5, 5.41) is 3.97. The van der Waals surface area contributed by atoms with Crippen molar-refractivity contribution in [2.45, 2.75) is 45.4 Å². The Balaban J connectivity index is 2.18. The lowest BCUT2D eigenvalue weighted by Crippen LogP contribution is -2.35. The number of rotatable bonds is 4. The lowest BCUT2D eigenvalue weighted by molar-refractivity contribution is -0.138. The number of nitrogens with one attached hydrogen (secondary N) is 1. The number of dihydropyridines is 1. The van der Waals surface area contributed by atoms with Gasteiger partial charge in [-0.2, -0.15) is 0 Å². The maximum atomic E-state index is 12.7. The second kappa shape index (κ2) is 7.44. The van der Waals surface area contributed by atoms with Gasteiger partial charge < -0.3 is 10.1 Å². The second-order valence-corrected chi connectivity index (χ2v) is 6.68. The smallest absolute Gasteiger partial charge is 0.336 e. The van der Waals surface area contributed by atoms with Crippen molar-refractivity contribution in [2.75, 3.05) is 6.61 Å². The Bertz CT molecular complexity index is 762. The lowest BCUT2D eigenvalue weighted by Gasteiger charge is -2.34. The van der Waals surface area contributed by atoms with E-state index in [9.17, 15) is 9.59 Å². The van der Waals surface area contributed by atoms with Gasteiger partial charge in [-0.05, 0) is 43.9 Å². The number of hydrogen-bond acceptors (Lipinski definition) is 4. The van der Waals surface area contributed by atoms with Crippen molar-refractivity contribution >= 4 is 23.4 Å². The van der Waals surface area contributed by atoms with Crippen LogP contribution in [0.4, 0.5) is 0 Å². The number of halogens is 1. The summed E-state index contributed by atoms with van der Waals surface area (Å²) in [6.07, 6.45) is 2.85. The lowest BCUT2D eigenvalue weighted by atomic mass is 9.75. The largest absolute Gasteiger partial charge is 0.463 e. The zero-order chi connectivity index (χ0) is 18.0. The standard InChI is InChI=1S/C20H22ClNO3/c1-3-14-19(20(24)25-4-2)17(12-8-10-13(21)11-9-12)18-15(22-14)6-5-7-16(18)23/h8-11,17,22H,3-7H2,1-2H3/t17-/m0/s1. The van der Waals surface area contributed by atoms with Crippen molar-refractivity contribution < 1.29 is 14.3 Å². The summed E-state index contributed by atoms with van der Waals surface area (Å²) in [5.74, 6) is -0.655. The van der Waals surface area contributed by atoms with Crippen LogP contribution in [0.1, 0.15) is 51.0 Å². The van der Waals surface area contributed by atoms with Gasteiger partial charge in [-0.25, -0.2) is 4.79 Å². The van der Waals surface area contributed by atoms with E-state index in [0.717, 1.165) is 29.8 Å². The molecule has 5 heteroatoms. The van der Waals surface area contributed by atoms with Crippen molar-refractivity contribution in [3.05, 3.63) is 57.4 Å². The van der Waals surface area contributed by atoms with Gasteiger partial charge in [-0.15, -0.1) is 0 Å². The number of ketones is 1. The molecule has 1 aromatic rings. The highest BCUT2D eigenvalue weighted by Crippen LogP contribution is 2.43. The van der Waals surface area contributed by atoms with E-state index in [1.54, 1.807) is 19.1 Å². The summed E-state index contributed by atoms with van der Waals surface area (Å²) in [7, 11) is 0. The van der Waals surface area contributed by atoms with E-state index in [0.29, 0.717) is 35.6 Å². The zero-order valence-electron chi connectivity index (χ0n) is 14.5. The van der Waals surface area contributed by atoms with Crippen LogP contribution in [0.2, 0.25) is 5.02 Å². The van der Waals surface area contributed by atoms with Crippen LogP contribution >= 0.6 is 11.6 Å². The molecule has 1 heterocycles. The van der Waals surface area contributed by atoms with E-state index in [2.05, 4.69) is 5.32 Å². The summed E-state index contributed by atoms with van der Waals surface area (Å²) in [5.41, 5.74) is 3.92. The normalized spacial score (nSPS) is 20.3. The van der Waals surface area contributed by atoms with Crippen LogP contribution in [0.5, 0.6) is 0 Å². The molecule has 25 heavy (non-hydrogen) atoms. The zero-order valence-corrected chi connectivity index (χ0v) is 15.3. The third-order valence-electron chi connectivity index (χ3n) is 4.71. The molecular weight excluding hydrogens is 338 g/mol. The molecule has 4 nitrogen and oxygen atoms in total. The Labute approximate surface area is 152 Å². The molecule has 2 aliphatic rings. The van der Waals surface area contributed by atoms with E-state index in [-0.39, 0.29) is 11.8 Å². The first-order valence-electron chi connectivity index (χ1n) is 8.75. The number of esters is 1. The highest BCUT2D eigenvalue weighted by molar-refractivity contribution is 6.30. The van der Waals surface area contributed by atoms with Crippen molar-refractivity contribution in [1.82, 2.24) is 5.32 Å². The van der Waals surface area contributed by atoms with Crippen LogP contribution in [0.25, 0.3) is 0 Å². The Kier molecular flexibility index (Phi) is 5.28. The first-order valence-corrected chi connectivity index (χ1v) is 9.13. The Morgan fingerprint density at radius 3 is 2.60 bits per heavy atom. The Hall–Kier alpha value is -2.07. The van der Waals surface area contributed by atoms with Gasteiger partial charge in [0.05, 0.1) is 12.2 Å². The van der Waals surface area contributed by atoms with Crippen molar-refractivity contribution in [1.29, 1.82) is 0 Å². The topological polar surface area (TPSA) is 55.4 Å². The summed E-state index contributed by atoms with van der Waals surface area (Å²) in [4.78, 5) is 25.4. The molecule has 1 aromatic carbocycles. The molecule has 0 saturated heterocycles. The van der Waals surface area contributed by atoms with Crippen LogP contribution in [0.15, 0.2) is 46.8 Å². The minimum absolute atomic E-state index is 0.102. The molecule has 0 fully saturated rings. The number of carbonyl (C=O) groups excluding carboxylic acids is 2. The van der Waals surface area contributed by atoms with Crippen LogP contribution in [0.3, 0.4) is 0 Å². The van der Waals surface area contributed by atoms with Gasteiger partial charge >= 0.3 is 5.97 Å². The Morgan fingerprint density at radius 2 is 1.96 bits per heavy atom. The fourth-order valence-corrected chi connectivity index (χ4v) is 3.74. The number of benzene rings is 1. The van der Waals surface area contributed by atoms with E-state index in [1.807, 2.05) is 19.1 Å². The number of carbonyl (C=O) groups is 2. The molecule has 132 valence electrons. The molecule has 1 aliphatic heterocycles. The number of Topliss-reactive ketones (excluding diaryl/α,β-unsaturated/α-hetero) is 1. The SMILES string of the molecule is CCOC(=O)C1=C(CC)NC2=C(C(=O)CCC2)[C@@H]1c1ccc(Cl)cc1. The predicted molar refractivity (Wildman–Crippen MR) is 97.2 cm³/mol. The third-order valence-corrected chi connectivity index (χ3v) is 4.96. The summed E-state index contributed by atoms with van der Waals surface area (Å²) < 4.78 is 5.31. The molecule has 1 N–H and O–H groups in total. The first-order chi connectivity index (χ1) is 12.1. The monoisotopic (exact) mass is 359 g/mol. The average Bonchev–Trinajstić information content (AvgIpc) is 2.61. The number of hydrogen-bond donors (Lipinski definition) is 1. The molecule has 0 saturated carbocycles. The maximum absolute atomic E-state index is 12.7. The van der Waals surface area contributed by atoms with Crippen LogP contribution in [-0.4, -0.2) is 18.4 Å². The molecule has 0 bridgehead atoms. The molecule has 0 unspecified atom stereocenters. The number of ether oxygens (including phenoxy) is 1. The van der Waals surface area contributed by atoms with Gasteiger partial charge in [0, 0.05) is 34.3 Å². The van der Waals surface area contributed by atoms with Crippen molar-refractivity contribution in [2.24, 2.45) is 0 Å². The fraction of sp³-hybridized carbons (Fsp3) is 0.400. The molecule has 0 amide bonds. The van der Waals surface area contributed by atoms with Crippen LogP contribution in [0, 0.1) is 0 Å². The minimum Gasteiger partial charge on any atom is -0.463 e. The van der Waals surface area contributed by atoms with Crippen LogP contribution < -0.4 is 5.32 Å². The van der Waals surface area contributed by atoms with E-state index in [1.165, 1.54) is 0 Å². The van der Waals surface area contributed by atoms with Crippen molar-refractivity contribution in [3.8, 4) is 0 Å². The molecule has 0 aromatic heterocycles. The van der Waals surface area contributed by atoms with Gasteiger partial charge in [0.2, 0.25) is 0 Å². The van der Waals surface area contributed by atoms with E-state index in [4.69, 9.17) is 16.3 Å². The summed E-state index contributed by atoms with van der Waals surface area (Å²) in [6.45, 7) is 4.08. The quantitative estimate of drug-likeness (QED) is 0.816. The molecule has 0 radical (unpaired) electrons. The van der Waals surface area contributed by atoms with Gasteiger partial charge in [-0.3, -0.25) is 4.79 Å². The second-order valence-electron chi connectivity index (χ2n) is 6.24. The molecule has 0 spiro atoms. The first kappa shape index (κ1) is 17.7. The molecular formula is C20H22ClNO3. The highest BCUT2D eigenvalue weighted by atomic mass is 35.5. The van der Waals surface area contributed by atoms with Gasteiger partial charge in [0.15, 0.2) is 5.78 Å². The summed E-state index contributed by atoms with van der Waals surface area (Å²) >= 11 is 6.03. The predicted octanol–water partition coefficient (Wildman–Crippen LogP) is 4.26. The Morgan fingerprint density at radius 1 is 1.24 bits per heavy atom. The fourth-order valence-electron chi connectivity index (χ4n) is 3.61. The van der Waals surface area contributed by atoms with Gasteiger partial charge in [0.1, 0.15) is 0 Å². The van der Waals surface area contributed by atoms with E-state index >= 15 is 0 Å². The molecule has 1 aliphatic carbocycles.